The van der Waals surface area contributed by atoms with Gasteiger partial charge in [0.25, 0.3) is 5.91 Å². The van der Waals surface area contributed by atoms with Gasteiger partial charge >= 0.3 is 0 Å². The maximum Gasteiger partial charge on any atom is 0.257 e. The molecule has 1 aliphatic heterocycles. The van der Waals surface area contributed by atoms with Crippen LogP contribution in [0.25, 0.3) is 0 Å². The summed E-state index contributed by atoms with van der Waals surface area (Å²) < 4.78 is 39.2. The number of thiocarbonyl (C=S) groups is 1. The van der Waals surface area contributed by atoms with Crippen molar-refractivity contribution in [2.75, 3.05) is 25.1 Å². The lowest BCUT2D eigenvalue weighted by atomic mass is 10.2. The van der Waals surface area contributed by atoms with E-state index in [9.17, 15) is 13.2 Å². The van der Waals surface area contributed by atoms with E-state index in [-0.39, 0.29) is 28.6 Å². The lowest BCUT2D eigenvalue weighted by molar-refractivity contribution is 0.0977. The van der Waals surface area contributed by atoms with Crippen molar-refractivity contribution in [3.63, 3.8) is 0 Å². The summed E-state index contributed by atoms with van der Waals surface area (Å²) >= 11 is 8.62. The van der Waals surface area contributed by atoms with Crippen LogP contribution in [0.2, 0.25) is 0 Å². The minimum absolute atomic E-state index is 0.0811. The number of benzene rings is 2. The number of hydrogen-bond donors (Lipinski definition) is 3. The van der Waals surface area contributed by atoms with Crippen LogP contribution in [-0.2, 0) is 14.8 Å². The Bertz CT molecular complexity index is 1090. The van der Waals surface area contributed by atoms with Gasteiger partial charge in [0.2, 0.25) is 10.0 Å². The van der Waals surface area contributed by atoms with Crippen LogP contribution in [0.3, 0.4) is 0 Å². The molecule has 33 heavy (non-hydrogen) atoms. The third-order valence-corrected chi connectivity index (χ3v) is 7.09. The highest BCUT2D eigenvalue weighted by Gasteiger charge is 2.20. The van der Waals surface area contributed by atoms with Gasteiger partial charge in [-0.1, -0.05) is 6.92 Å². The van der Waals surface area contributed by atoms with E-state index in [0.29, 0.717) is 34.7 Å². The van der Waals surface area contributed by atoms with Crippen molar-refractivity contribution in [3.05, 3.63) is 52.5 Å². The number of amides is 1. The molecule has 1 aliphatic rings. The molecule has 0 radical (unpaired) electrons. The SMILES string of the molecule is CCCOc1ccc(C(=O)NC(=S)Nc2ccc(S(=O)(=O)NCC3CCCO3)cc2)cc1Br. The Kier molecular flexibility index (Phi) is 9.21. The third kappa shape index (κ3) is 7.47. The first kappa shape index (κ1) is 25.6. The van der Waals surface area contributed by atoms with Gasteiger partial charge in [0, 0.05) is 24.4 Å². The number of carbonyl (C=O) groups excluding carboxylic acids is 1. The van der Waals surface area contributed by atoms with E-state index in [0.717, 1.165) is 19.3 Å². The summed E-state index contributed by atoms with van der Waals surface area (Å²) in [7, 11) is -3.64. The highest BCUT2D eigenvalue weighted by molar-refractivity contribution is 9.10. The predicted molar refractivity (Wildman–Crippen MR) is 134 cm³/mol. The normalized spacial score (nSPS) is 15.8. The van der Waals surface area contributed by atoms with Crippen molar-refractivity contribution in [1.82, 2.24) is 10.0 Å². The van der Waals surface area contributed by atoms with Gasteiger partial charge in [0.05, 0.1) is 22.1 Å². The zero-order valence-corrected chi connectivity index (χ0v) is 21.3. The summed E-state index contributed by atoms with van der Waals surface area (Å²) in [6.45, 7) is 3.52. The van der Waals surface area contributed by atoms with Crippen LogP contribution in [0.1, 0.15) is 36.5 Å². The van der Waals surface area contributed by atoms with Gasteiger partial charge in [0.15, 0.2) is 5.11 Å². The van der Waals surface area contributed by atoms with Gasteiger partial charge in [-0.2, -0.15) is 0 Å². The van der Waals surface area contributed by atoms with Crippen molar-refractivity contribution in [3.8, 4) is 5.75 Å². The minimum atomic E-state index is -3.64. The van der Waals surface area contributed by atoms with Crippen LogP contribution in [0.5, 0.6) is 5.75 Å². The summed E-state index contributed by atoms with van der Waals surface area (Å²) in [4.78, 5) is 12.6. The van der Waals surface area contributed by atoms with Crippen LogP contribution in [0.15, 0.2) is 51.8 Å². The molecule has 1 atom stereocenters. The molecule has 2 aromatic rings. The predicted octanol–water partition coefficient (Wildman–Crippen LogP) is 3.82. The second-order valence-electron chi connectivity index (χ2n) is 7.41. The quantitative estimate of drug-likeness (QED) is 0.404. The van der Waals surface area contributed by atoms with Gasteiger partial charge < -0.3 is 14.8 Å². The monoisotopic (exact) mass is 555 g/mol. The van der Waals surface area contributed by atoms with Gasteiger partial charge in [-0.05, 0) is 89.9 Å². The van der Waals surface area contributed by atoms with Crippen LogP contribution in [-0.4, -0.2) is 45.3 Å². The molecule has 1 fully saturated rings. The maximum atomic E-state index is 12.5. The summed E-state index contributed by atoms with van der Waals surface area (Å²) in [5, 5.41) is 5.58. The Balaban J connectivity index is 1.53. The molecular formula is C22H26BrN3O5S2. The molecule has 1 unspecified atom stereocenters. The highest BCUT2D eigenvalue weighted by Crippen LogP contribution is 2.26. The second kappa shape index (κ2) is 11.9. The van der Waals surface area contributed by atoms with E-state index in [2.05, 4.69) is 31.3 Å². The van der Waals surface area contributed by atoms with Crippen molar-refractivity contribution >= 4 is 54.9 Å². The Labute approximate surface area is 207 Å². The van der Waals surface area contributed by atoms with E-state index in [1.165, 1.54) is 12.1 Å². The number of rotatable bonds is 9. The van der Waals surface area contributed by atoms with Crippen molar-refractivity contribution in [1.29, 1.82) is 0 Å². The average Bonchev–Trinajstić information content (AvgIpc) is 3.31. The zero-order valence-electron chi connectivity index (χ0n) is 18.1. The Morgan fingerprint density at radius 1 is 1.24 bits per heavy atom. The smallest absolute Gasteiger partial charge is 0.257 e. The maximum absolute atomic E-state index is 12.5. The van der Waals surface area contributed by atoms with Crippen molar-refractivity contribution < 1.29 is 22.7 Å². The standard InChI is InChI=1S/C22H26BrN3O5S2/c1-2-11-31-20-10-5-15(13-19(20)23)21(27)26-22(32)25-16-6-8-18(9-7-16)33(28,29)24-14-17-4-3-12-30-17/h5-10,13,17,24H,2-4,11-12,14H2,1H3,(H2,25,26,27,32). The lowest BCUT2D eigenvalue weighted by Gasteiger charge is -2.13. The van der Waals surface area contributed by atoms with E-state index in [4.69, 9.17) is 21.7 Å². The molecule has 0 spiro atoms. The summed E-state index contributed by atoms with van der Waals surface area (Å²) in [6, 6.07) is 11.1. The average molecular weight is 557 g/mol. The van der Waals surface area contributed by atoms with Crippen LogP contribution in [0.4, 0.5) is 5.69 Å². The molecule has 0 aromatic heterocycles. The molecule has 0 bridgehead atoms. The van der Waals surface area contributed by atoms with E-state index < -0.39 is 10.0 Å². The third-order valence-electron chi connectivity index (χ3n) is 4.83. The first-order chi connectivity index (χ1) is 15.8. The highest BCUT2D eigenvalue weighted by atomic mass is 79.9. The Morgan fingerprint density at radius 2 is 2.00 bits per heavy atom. The number of nitrogens with one attached hydrogen (secondary N) is 3. The number of halogens is 1. The van der Waals surface area contributed by atoms with E-state index >= 15 is 0 Å². The fraction of sp³-hybridized carbons (Fsp3) is 0.364. The fourth-order valence-corrected chi connectivity index (χ4v) is 4.89. The largest absolute Gasteiger partial charge is 0.492 e. The fourth-order valence-electron chi connectivity index (χ4n) is 3.12. The Hall–Kier alpha value is -2.05. The molecule has 0 aliphatic carbocycles. The summed E-state index contributed by atoms with van der Waals surface area (Å²) in [5.74, 6) is 0.280. The van der Waals surface area contributed by atoms with Gasteiger partial charge in [0.1, 0.15) is 5.75 Å². The molecular weight excluding hydrogens is 530 g/mol. The molecule has 1 saturated heterocycles. The van der Waals surface area contributed by atoms with E-state index in [1.54, 1.807) is 30.3 Å². The topological polar surface area (TPSA) is 106 Å². The number of carbonyl (C=O) groups is 1. The molecule has 1 heterocycles. The summed E-state index contributed by atoms with van der Waals surface area (Å²) in [6.07, 6.45) is 2.59. The first-order valence-electron chi connectivity index (χ1n) is 10.5. The molecule has 1 amide bonds. The Morgan fingerprint density at radius 3 is 2.64 bits per heavy atom. The number of ether oxygens (including phenoxy) is 2. The van der Waals surface area contributed by atoms with Gasteiger partial charge in [-0.25, -0.2) is 13.1 Å². The van der Waals surface area contributed by atoms with Crippen molar-refractivity contribution in [2.45, 2.75) is 37.2 Å². The number of anilines is 1. The molecule has 2 aromatic carbocycles. The van der Waals surface area contributed by atoms with Gasteiger partial charge in [-0.3, -0.25) is 10.1 Å². The van der Waals surface area contributed by atoms with Gasteiger partial charge in [-0.15, -0.1) is 0 Å². The molecule has 8 nitrogen and oxygen atoms in total. The molecule has 11 heteroatoms. The zero-order chi connectivity index (χ0) is 23.8. The first-order valence-corrected chi connectivity index (χ1v) is 13.2. The molecule has 178 valence electrons. The number of sulfonamides is 1. The summed E-state index contributed by atoms with van der Waals surface area (Å²) in [5.41, 5.74) is 0.955. The number of hydrogen-bond acceptors (Lipinski definition) is 6. The molecule has 0 saturated carbocycles. The van der Waals surface area contributed by atoms with Crippen molar-refractivity contribution in [2.24, 2.45) is 0 Å². The van der Waals surface area contributed by atoms with Crippen LogP contribution in [0, 0.1) is 0 Å². The lowest BCUT2D eigenvalue weighted by Crippen LogP contribution is -2.34. The minimum Gasteiger partial charge on any atom is -0.492 e. The van der Waals surface area contributed by atoms with Crippen LogP contribution >= 0.6 is 28.1 Å². The van der Waals surface area contributed by atoms with Crippen LogP contribution < -0.4 is 20.1 Å². The second-order valence-corrected chi connectivity index (χ2v) is 10.4. The molecule has 3 rings (SSSR count). The van der Waals surface area contributed by atoms with E-state index in [1.807, 2.05) is 6.92 Å². The molecule has 3 N–H and O–H groups in total.